The van der Waals surface area contributed by atoms with Crippen molar-refractivity contribution < 1.29 is 4.74 Å². The fourth-order valence-corrected chi connectivity index (χ4v) is 3.50. The van der Waals surface area contributed by atoms with Crippen LogP contribution in [0.1, 0.15) is 36.1 Å². The molecule has 1 nitrogen and oxygen atoms in total. The van der Waals surface area contributed by atoms with Gasteiger partial charge in [-0.1, -0.05) is 50.2 Å². The molecule has 4 rings (SSSR count). The van der Waals surface area contributed by atoms with Gasteiger partial charge in [-0.25, -0.2) is 0 Å². The van der Waals surface area contributed by atoms with E-state index in [4.69, 9.17) is 4.74 Å². The molecule has 0 saturated heterocycles. The third-order valence-corrected chi connectivity index (χ3v) is 4.92. The van der Waals surface area contributed by atoms with Crippen molar-refractivity contribution in [3.63, 3.8) is 0 Å². The van der Waals surface area contributed by atoms with Crippen molar-refractivity contribution in [2.45, 2.75) is 39.9 Å². The summed E-state index contributed by atoms with van der Waals surface area (Å²) in [5.74, 6) is 0. The number of ether oxygens (including phenoxy) is 1. The van der Waals surface area contributed by atoms with Gasteiger partial charge in [0, 0.05) is 0 Å². The summed E-state index contributed by atoms with van der Waals surface area (Å²) >= 11 is 0. The highest BCUT2D eigenvalue weighted by atomic mass is 16.5. The number of hydrogen-bond donors (Lipinski definition) is 0. The molecule has 1 aliphatic rings. The molecule has 1 heterocycles. The minimum absolute atomic E-state index is 0.692. The molecule has 0 unspecified atom stereocenters. The summed E-state index contributed by atoms with van der Waals surface area (Å²) in [4.78, 5) is 0. The highest BCUT2D eigenvalue weighted by Gasteiger charge is 2.16. The van der Waals surface area contributed by atoms with Crippen molar-refractivity contribution in [2.24, 2.45) is 0 Å². The van der Waals surface area contributed by atoms with E-state index in [1.165, 1.54) is 44.2 Å². The van der Waals surface area contributed by atoms with Crippen LogP contribution in [0.15, 0.2) is 48.5 Å². The van der Waals surface area contributed by atoms with Crippen molar-refractivity contribution in [3.8, 4) is 11.1 Å². The molecule has 1 heteroatoms. The van der Waals surface area contributed by atoms with Gasteiger partial charge in [0.15, 0.2) is 0 Å². The zero-order valence-corrected chi connectivity index (χ0v) is 13.9. The van der Waals surface area contributed by atoms with Crippen LogP contribution in [0.25, 0.3) is 21.9 Å². The molecule has 0 atom stereocenters. The van der Waals surface area contributed by atoms with Gasteiger partial charge in [-0.05, 0) is 69.1 Å². The second-order valence-electron chi connectivity index (χ2n) is 6.38. The van der Waals surface area contributed by atoms with E-state index in [0.717, 1.165) is 12.8 Å². The Morgan fingerprint density at radius 3 is 2.17 bits per heavy atom. The molecule has 0 radical (unpaired) electrons. The summed E-state index contributed by atoms with van der Waals surface area (Å²) in [6, 6.07) is 18.3. The third kappa shape index (κ3) is 2.55. The van der Waals surface area contributed by atoms with E-state index in [2.05, 4.69) is 62.4 Å². The monoisotopic (exact) mass is 302 g/mol. The second-order valence-corrected chi connectivity index (χ2v) is 6.38. The van der Waals surface area contributed by atoms with E-state index >= 15 is 0 Å². The van der Waals surface area contributed by atoms with Crippen LogP contribution in [0.2, 0.25) is 0 Å². The fourth-order valence-electron chi connectivity index (χ4n) is 3.50. The molecule has 1 aliphatic heterocycles. The molecule has 0 amide bonds. The van der Waals surface area contributed by atoms with Crippen LogP contribution in [0.4, 0.5) is 0 Å². The Kier molecular flexibility index (Phi) is 3.66. The summed E-state index contributed by atoms with van der Waals surface area (Å²) in [5, 5.41) is 2.63. The van der Waals surface area contributed by atoms with Gasteiger partial charge in [-0.3, -0.25) is 0 Å². The normalized spacial score (nSPS) is 13.5. The summed E-state index contributed by atoms with van der Waals surface area (Å²) in [5.41, 5.74) is 8.04. The summed E-state index contributed by atoms with van der Waals surface area (Å²) in [7, 11) is 0. The molecule has 3 aromatic rings. The lowest BCUT2D eigenvalue weighted by Gasteiger charge is -2.12. The molecular formula is C22H22O. The van der Waals surface area contributed by atoms with Crippen molar-refractivity contribution >= 4 is 10.8 Å². The van der Waals surface area contributed by atoms with E-state index in [0.29, 0.717) is 13.2 Å². The van der Waals surface area contributed by atoms with Crippen LogP contribution >= 0.6 is 0 Å². The van der Waals surface area contributed by atoms with Crippen molar-refractivity contribution in [1.29, 1.82) is 0 Å². The van der Waals surface area contributed by atoms with Gasteiger partial charge in [0.1, 0.15) is 0 Å². The Morgan fingerprint density at radius 2 is 1.39 bits per heavy atom. The Bertz CT molecular complexity index is 877. The smallest absolute Gasteiger partial charge is 0.0727 e. The summed E-state index contributed by atoms with van der Waals surface area (Å²) < 4.78 is 5.95. The van der Waals surface area contributed by atoms with Gasteiger partial charge in [0.25, 0.3) is 0 Å². The lowest BCUT2D eigenvalue weighted by Crippen LogP contribution is -1.92. The molecule has 116 valence electrons. The third-order valence-electron chi connectivity index (χ3n) is 4.92. The van der Waals surface area contributed by atoms with Crippen LogP contribution in [0, 0.1) is 0 Å². The van der Waals surface area contributed by atoms with Gasteiger partial charge in [0.2, 0.25) is 0 Å². The molecule has 0 aliphatic carbocycles. The summed E-state index contributed by atoms with van der Waals surface area (Å²) in [6.45, 7) is 5.80. The van der Waals surface area contributed by atoms with Gasteiger partial charge in [-0.15, -0.1) is 0 Å². The minimum atomic E-state index is 0.692. The number of benzene rings is 3. The Hall–Kier alpha value is -2.12. The Labute approximate surface area is 137 Å². The average molecular weight is 302 g/mol. The maximum absolute atomic E-state index is 5.95. The topological polar surface area (TPSA) is 9.23 Å². The molecule has 0 N–H and O–H groups in total. The lowest BCUT2D eigenvalue weighted by molar-refractivity contribution is 0.110. The van der Waals surface area contributed by atoms with Gasteiger partial charge >= 0.3 is 0 Å². The second kappa shape index (κ2) is 5.82. The van der Waals surface area contributed by atoms with Crippen LogP contribution < -0.4 is 0 Å². The van der Waals surface area contributed by atoms with E-state index in [9.17, 15) is 0 Å². The lowest BCUT2D eigenvalue weighted by atomic mass is 9.92. The molecular weight excluding hydrogens is 280 g/mol. The molecule has 0 saturated carbocycles. The van der Waals surface area contributed by atoms with E-state index < -0.39 is 0 Å². The Balaban J connectivity index is 1.93. The first-order valence-electron chi connectivity index (χ1n) is 8.54. The maximum atomic E-state index is 5.95. The van der Waals surface area contributed by atoms with Gasteiger partial charge in [-0.2, -0.15) is 0 Å². The zero-order valence-electron chi connectivity index (χ0n) is 13.9. The van der Waals surface area contributed by atoms with Crippen LogP contribution in [-0.2, 0) is 30.8 Å². The van der Waals surface area contributed by atoms with Crippen molar-refractivity contribution in [3.05, 3.63) is 70.8 Å². The Morgan fingerprint density at radius 1 is 0.696 bits per heavy atom. The number of rotatable bonds is 2. The highest BCUT2D eigenvalue weighted by molar-refractivity contribution is 5.90. The van der Waals surface area contributed by atoms with Crippen LogP contribution in [0.5, 0.6) is 0 Å². The largest absolute Gasteiger partial charge is 0.372 e. The molecule has 23 heavy (non-hydrogen) atoms. The molecule has 3 aromatic carbocycles. The van der Waals surface area contributed by atoms with E-state index in [1.54, 1.807) is 0 Å². The molecule has 0 bridgehead atoms. The van der Waals surface area contributed by atoms with Gasteiger partial charge < -0.3 is 4.74 Å². The first-order chi connectivity index (χ1) is 11.3. The van der Waals surface area contributed by atoms with Crippen molar-refractivity contribution in [1.82, 2.24) is 0 Å². The first-order valence-corrected chi connectivity index (χ1v) is 8.54. The van der Waals surface area contributed by atoms with Crippen LogP contribution in [0.3, 0.4) is 0 Å². The zero-order chi connectivity index (χ0) is 15.8. The quantitative estimate of drug-likeness (QED) is 0.593. The molecule has 0 fully saturated rings. The fraction of sp³-hybridized carbons (Fsp3) is 0.273. The maximum Gasteiger partial charge on any atom is 0.0727 e. The SMILES string of the molecule is CCc1ccc2c(c1)COCc1cc3cc(CC)ccc3cc1-2. The highest BCUT2D eigenvalue weighted by Crippen LogP contribution is 2.35. The van der Waals surface area contributed by atoms with E-state index in [1.807, 2.05) is 0 Å². The van der Waals surface area contributed by atoms with Gasteiger partial charge in [0.05, 0.1) is 13.2 Å². The molecule has 0 aromatic heterocycles. The van der Waals surface area contributed by atoms with Crippen molar-refractivity contribution in [2.75, 3.05) is 0 Å². The first kappa shape index (κ1) is 14.5. The predicted molar refractivity (Wildman–Crippen MR) is 96.6 cm³/mol. The summed E-state index contributed by atoms with van der Waals surface area (Å²) in [6.07, 6.45) is 2.14. The predicted octanol–water partition coefficient (Wildman–Crippen LogP) is 5.66. The number of fused-ring (bicyclic) bond motifs is 4. The number of aryl methyl sites for hydroxylation is 2. The standard InChI is InChI=1S/C22H22O/c1-3-15-5-7-17-12-22-20(11-18(17)9-15)14-23-13-19-10-16(4-2)6-8-21(19)22/h5-12H,3-4,13-14H2,1-2H3. The van der Waals surface area contributed by atoms with E-state index in [-0.39, 0.29) is 0 Å². The molecule has 0 spiro atoms. The average Bonchev–Trinajstić information content (AvgIpc) is 2.77. The van der Waals surface area contributed by atoms with Crippen LogP contribution in [-0.4, -0.2) is 0 Å². The number of hydrogen-bond acceptors (Lipinski definition) is 1. The minimum Gasteiger partial charge on any atom is -0.372 e.